The first kappa shape index (κ1) is 10.0. The normalized spacial score (nSPS) is 24.8. The van der Waals surface area contributed by atoms with E-state index in [0.29, 0.717) is 0 Å². The lowest BCUT2D eigenvalue weighted by molar-refractivity contribution is 0.127. The molecular formula is C10H21NO. The number of hydrogen-bond donors (Lipinski definition) is 0. The second-order valence-corrected chi connectivity index (χ2v) is 3.68. The lowest BCUT2D eigenvalue weighted by Crippen LogP contribution is -2.20. The van der Waals surface area contributed by atoms with Gasteiger partial charge in [-0.05, 0) is 52.2 Å². The van der Waals surface area contributed by atoms with Crippen LogP contribution in [0.15, 0.2) is 0 Å². The summed E-state index contributed by atoms with van der Waals surface area (Å²) in [6, 6.07) is 0. The van der Waals surface area contributed by atoms with Crippen molar-refractivity contribution in [2.75, 3.05) is 33.4 Å². The zero-order valence-electron chi connectivity index (χ0n) is 8.22. The van der Waals surface area contributed by atoms with Gasteiger partial charge in [-0.2, -0.15) is 0 Å². The Morgan fingerprint density at radius 2 is 1.42 bits per heavy atom. The molecule has 1 saturated heterocycles. The second-order valence-electron chi connectivity index (χ2n) is 3.68. The first-order valence-electron chi connectivity index (χ1n) is 5.16. The van der Waals surface area contributed by atoms with Crippen LogP contribution < -0.4 is 0 Å². The molecule has 0 aromatic heterocycles. The Hall–Kier alpha value is -0.0800. The highest BCUT2D eigenvalue weighted by atomic mass is 16.5. The number of nitrogens with zero attached hydrogens (tertiary/aromatic N) is 1. The van der Waals surface area contributed by atoms with E-state index >= 15 is 0 Å². The SMILES string of the molecule is CN1CCCCCOCCCC1. The zero-order valence-corrected chi connectivity index (χ0v) is 8.22. The van der Waals surface area contributed by atoms with Gasteiger partial charge in [0.15, 0.2) is 0 Å². The maximum absolute atomic E-state index is 5.48. The van der Waals surface area contributed by atoms with Gasteiger partial charge >= 0.3 is 0 Å². The summed E-state index contributed by atoms with van der Waals surface area (Å²) in [4.78, 5) is 2.44. The Morgan fingerprint density at radius 3 is 2.17 bits per heavy atom. The van der Waals surface area contributed by atoms with E-state index in [2.05, 4.69) is 11.9 Å². The number of hydrogen-bond acceptors (Lipinski definition) is 2. The van der Waals surface area contributed by atoms with Crippen LogP contribution in [0.4, 0.5) is 0 Å². The zero-order chi connectivity index (χ0) is 8.65. The first-order chi connectivity index (χ1) is 5.89. The van der Waals surface area contributed by atoms with Crippen LogP contribution in [-0.4, -0.2) is 38.3 Å². The van der Waals surface area contributed by atoms with Gasteiger partial charge in [-0.3, -0.25) is 0 Å². The van der Waals surface area contributed by atoms with Crippen molar-refractivity contribution in [1.29, 1.82) is 0 Å². The van der Waals surface area contributed by atoms with Crippen molar-refractivity contribution in [2.24, 2.45) is 0 Å². The summed E-state index contributed by atoms with van der Waals surface area (Å²) < 4.78 is 5.48. The summed E-state index contributed by atoms with van der Waals surface area (Å²) >= 11 is 0. The molecule has 1 fully saturated rings. The predicted molar refractivity (Wildman–Crippen MR) is 51.4 cm³/mol. The fourth-order valence-electron chi connectivity index (χ4n) is 1.56. The van der Waals surface area contributed by atoms with Gasteiger partial charge < -0.3 is 9.64 Å². The predicted octanol–water partition coefficient (Wildman–Crippen LogP) is 1.90. The van der Waals surface area contributed by atoms with E-state index in [1.807, 2.05) is 0 Å². The van der Waals surface area contributed by atoms with E-state index in [0.717, 1.165) is 13.2 Å². The van der Waals surface area contributed by atoms with Crippen molar-refractivity contribution in [3.8, 4) is 0 Å². The molecule has 2 heteroatoms. The van der Waals surface area contributed by atoms with Gasteiger partial charge in [0.1, 0.15) is 0 Å². The molecule has 0 bridgehead atoms. The van der Waals surface area contributed by atoms with E-state index < -0.39 is 0 Å². The molecule has 0 saturated carbocycles. The minimum absolute atomic E-state index is 0.966. The van der Waals surface area contributed by atoms with Crippen molar-refractivity contribution in [1.82, 2.24) is 4.90 Å². The van der Waals surface area contributed by atoms with Crippen molar-refractivity contribution in [3.63, 3.8) is 0 Å². The highest BCUT2D eigenvalue weighted by Gasteiger charge is 2.00. The average molecular weight is 171 g/mol. The molecule has 1 rings (SSSR count). The second kappa shape index (κ2) is 6.44. The van der Waals surface area contributed by atoms with Crippen LogP contribution in [0.5, 0.6) is 0 Å². The number of ether oxygens (including phenoxy) is 1. The molecule has 1 aliphatic heterocycles. The summed E-state index contributed by atoms with van der Waals surface area (Å²) in [5.74, 6) is 0. The molecule has 0 aromatic carbocycles. The van der Waals surface area contributed by atoms with E-state index in [4.69, 9.17) is 4.74 Å². The van der Waals surface area contributed by atoms with Gasteiger partial charge in [0, 0.05) is 13.2 Å². The lowest BCUT2D eigenvalue weighted by atomic mass is 10.2. The van der Waals surface area contributed by atoms with Crippen LogP contribution in [-0.2, 0) is 4.74 Å². The fraction of sp³-hybridized carbons (Fsp3) is 1.00. The molecule has 0 amide bonds. The molecule has 1 aliphatic rings. The average Bonchev–Trinajstić information content (AvgIpc) is 2.11. The summed E-state index contributed by atoms with van der Waals surface area (Å²) in [7, 11) is 2.22. The van der Waals surface area contributed by atoms with Crippen molar-refractivity contribution >= 4 is 0 Å². The fourth-order valence-corrected chi connectivity index (χ4v) is 1.56. The molecular weight excluding hydrogens is 150 g/mol. The third kappa shape index (κ3) is 4.73. The molecule has 2 nitrogen and oxygen atoms in total. The Kier molecular flexibility index (Phi) is 5.37. The highest BCUT2D eigenvalue weighted by molar-refractivity contribution is 4.54. The maximum Gasteiger partial charge on any atom is 0.0466 e. The van der Waals surface area contributed by atoms with Crippen molar-refractivity contribution in [3.05, 3.63) is 0 Å². The van der Waals surface area contributed by atoms with Gasteiger partial charge in [0.25, 0.3) is 0 Å². The molecule has 12 heavy (non-hydrogen) atoms. The van der Waals surface area contributed by atoms with Crippen LogP contribution in [0, 0.1) is 0 Å². The standard InChI is InChI=1S/C10H21NO/c1-11-7-3-2-5-9-12-10-6-4-8-11/h2-10H2,1H3. The Morgan fingerprint density at radius 1 is 0.833 bits per heavy atom. The van der Waals surface area contributed by atoms with Gasteiger partial charge in [-0.15, -0.1) is 0 Å². The lowest BCUT2D eigenvalue weighted by Gasteiger charge is -2.14. The van der Waals surface area contributed by atoms with E-state index in [1.54, 1.807) is 0 Å². The van der Waals surface area contributed by atoms with E-state index in [9.17, 15) is 0 Å². The van der Waals surface area contributed by atoms with Crippen LogP contribution in [0.1, 0.15) is 32.1 Å². The molecule has 0 aliphatic carbocycles. The highest BCUT2D eigenvalue weighted by Crippen LogP contribution is 2.02. The molecule has 0 unspecified atom stereocenters. The topological polar surface area (TPSA) is 12.5 Å². The Bertz CT molecular complexity index is 94.0. The molecule has 0 spiro atoms. The van der Waals surface area contributed by atoms with Crippen LogP contribution in [0.25, 0.3) is 0 Å². The third-order valence-corrected chi connectivity index (χ3v) is 2.41. The number of rotatable bonds is 0. The summed E-state index contributed by atoms with van der Waals surface area (Å²) in [6.07, 6.45) is 6.42. The van der Waals surface area contributed by atoms with Gasteiger partial charge in [0.05, 0.1) is 0 Å². The van der Waals surface area contributed by atoms with Crippen molar-refractivity contribution < 1.29 is 4.74 Å². The van der Waals surface area contributed by atoms with Crippen LogP contribution >= 0.6 is 0 Å². The monoisotopic (exact) mass is 171 g/mol. The smallest absolute Gasteiger partial charge is 0.0466 e. The van der Waals surface area contributed by atoms with Gasteiger partial charge in [-0.1, -0.05) is 0 Å². The minimum atomic E-state index is 0.966. The maximum atomic E-state index is 5.48. The van der Waals surface area contributed by atoms with Crippen LogP contribution in [0.2, 0.25) is 0 Å². The van der Waals surface area contributed by atoms with E-state index in [1.165, 1.54) is 45.2 Å². The van der Waals surface area contributed by atoms with Crippen molar-refractivity contribution in [2.45, 2.75) is 32.1 Å². The quantitative estimate of drug-likeness (QED) is 0.552. The summed E-state index contributed by atoms with van der Waals surface area (Å²) in [6.45, 7) is 4.45. The van der Waals surface area contributed by atoms with Gasteiger partial charge in [-0.25, -0.2) is 0 Å². The summed E-state index contributed by atoms with van der Waals surface area (Å²) in [5.41, 5.74) is 0. The molecule has 1 heterocycles. The largest absolute Gasteiger partial charge is 0.381 e. The molecule has 0 N–H and O–H groups in total. The molecule has 72 valence electrons. The first-order valence-corrected chi connectivity index (χ1v) is 5.16. The van der Waals surface area contributed by atoms with Gasteiger partial charge in [0.2, 0.25) is 0 Å². The molecule has 0 atom stereocenters. The van der Waals surface area contributed by atoms with Crippen LogP contribution in [0.3, 0.4) is 0 Å². The minimum Gasteiger partial charge on any atom is -0.381 e. The Labute approximate surface area is 75.9 Å². The molecule has 0 radical (unpaired) electrons. The third-order valence-electron chi connectivity index (χ3n) is 2.41. The Balaban J connectivity index is 2.13. The van der Waals surface area contributed by atoms with E-state index in [-0.39, 0.29) is 0 Å². The molecule has 0 aromatic rings. The summed E-state index contributed by atoms with van der Waals surface area (Å²) in [5, 5.41) is 0.